The van der Waals surface area contributed by atoms with Gasteiger partial charge in [-0.05, 0) is 44.0 Å². The van der Waals surface area contributed by atoms with Crippen molar-refractivity contribution in [1.82, 2.24) is 5.32 Å². The van der Waals surface area contributed by atoms with Gasteiger partial charge in [0.1, 0.15) is 5.75 Å². The standard InChI is InChI=1S/C15H25NO2/c1-5-9-16-15(12(2)17-3)11-13-7-6-8-14(10-13)18-4/h6-8,10,12,15-16H,5,9,11H2,1-4H3. The highest BCUT2D eigenvalue weighted by Crippen LogP contribution is 2.15. The molecule has 0 bridgehead atoms. The van der Waals surface area contributed by atoms with Gasteiger partial charge in [0.15, 0.2) is 0 Å². The highest BCUT2D eigenvalue weighted by atomic mass is 16.5. The molecular formula is C15H25NO2. The number of methoxy groups -OCH3 is 2. The fourth-order valence-electron chi connectivity index (χ4n) is 1.95. The minimum atomic E-state index is 0.197. The summed E-state index contributed by atoms with van der Waals surface area (Å²) >= 11 is 0. The van der Waals surface area contributed by atoms with Gasteiger partial charge in [0.2, 0.25) is 0 Å². The molecule has 1 rings (SSSR count). The molecule has 0 spiro atoms. The lowest BCUT2D eigenvalue weighted by atomic mass is 10.0. The molecular weight excluding hydrogens is 226 g/mol. The predicted molar refractivity (Wildman–Crippen MR) is 75.3 cm³/mol. The SMILES string of the molecule is CCCNC(Cc1cccc(OC)c1)C(C)OC. The van der Waals surface area contributed by atoms with Crippen LogP contribution in [0.1, 0.15) is 25.8 Å². The van der Waals surface area contributed by atoms with E-state index in [1.165, 1.54) is 5.56 Å². The van der Waals surface area contributed by atoms with Gasteiger partial charge >= 0.3 is 0 Å². The van der Waals surface area contributed by atoms with Crippen molar-refractivity contribution in [3.63, 3.8) is 0 Å². The van der Waals surface area contributed by atoms with Crippen molar-refractivity contribution in [1.29, 1.82) is 0 Å². The Bertz CT molecular complexity index is 341. The summed E-state index contributed by atoms with van der Waals surface area (Å²) in [4.78, 5) is 0. The monoisotopic (exact) mass is 251 g/mol. The fraction of sp³-hybridized carbons (Fsp3) is 0.600. The minimum Gasteiger partial charge on any atom is -0.497 e. The van der Waals surface area contributed by atoms with Crippen LogP contribution in [0.15, 0.2) is 24.3 Å². The topological polar surface area (TPSA) is 30.5 Å². The van der Waals surface area contributed by atoms with E-state index in [0.29, 0.717) is 6.04 Å². The minimum absolute atomic E-state index is 0.197. The van der Waals surface area contributed by atoms with Gasteiger partial charge in [-0.2, -0.15) is 0 Å². The first-order valence-corrected chi connectivity index (χ1v) is 6.60. The lowest BCUT2D eigenvalue weighted by Crippen LogP contribution is -2.41. The molecule has 0 saturated carbocycles. The molecule has 3 nitrogen and oxygen atoms in total. The molecule has 3 heteroatoms. The van der Waals surface area contributed by atoms with Crippen molar-refractivity contribution in [3.05, 3.63) is 29.8 Å². The summed E-state index contributed by atoms with van der Waals surface area (Å²) in [5.41, 5.74) is 1.27. The van der Waals surface area contributed by atoms with E-state index in [-0.39, 0.29) is 6.10 Å². The van der Waals surface area contributed by atoms with Crippen LogP contribution >= 0.6 is 0 Å². The first kappa shape index (κ1) is 15.0. The van der Waals surface area contributed by atoms with Crippen molar-refractivity contribution >= 4 is 0 Å². The van der Waals surface area contributed by atoms with Gasteiger partial charge < -0.3 is 14.8 Å². The third-order valence-corrected chi connectivity index (χ3v) is 3.18. The maximum Gasteiger partial charge on any atom is 0.119 e. The number of ether oxygens (including phenoxy) is 2. The van der Waals surface area contributed by atoms with Crippen LogP contribution in [0.3, 0.4) is 0 Å². The lowest BCUT2D eigenvalue weighted by molar-refractivity contribution is 0.0830. The highest BCUT2D eigenvalue weighted by molar-refractivity contribution is 5.29. The van der Waals surface area contributed by atoms with Crippen molar-refractivity contribution in [2.75, 3.05) is 20.8 Å². The van der Waals surface area contributed by atoms with Crippen LogP contribution in [-0.4, -0.2) is 32.9 Å². The molecule has 0 fully saturated rings. The Hall–Kier alpha value is -1.06. The van der Waals surface area contributed by atoms with Crippen LogP contribution in [-0.2, 0) is 11.2 Å². The Morgan fingerprint density at radius 1 is 1.28 bits per heavy atom. The zero-order chi connectivity index (χ0) is 13.4. The van der Waals surface area contributed by atoms with E-state index < -0.39 is 0 Å². The first-order chi connectivity index (χ1) is 8.71. The van der Waals surface area contributed by atoms with E-state index >= 15 is 0 Å². The Balaban J connectivity index is 2.68. The number of rotatable bonds is 8. The van der Waals surface area contributed by atoms with Crippen molar-refractivity contribution < 1.29 is 9.47 Å². The third-order valence-electron chi connectivity index (χ3n) is 3.18. The number of hydrogen-bond acceptors (Lipinski definition) is 3. The first-order valence-electron chi connectivity index (χ1n) is 6.60. The molecule has 0 aliphatic carbocycles. The summed E-state index contributed by atoms with van der Waals surface area (Å²) in [5, 5.41) is 3.54. The van der Waals surface area contributed by atoms with Gasteiger partial charge in [-0.25, -0.2) is 0 Å². The summed E-state index contributed by atoms with van der Waals surface area (Å²) < 4.78 is 10.7. The fourth-order valence-corrected chi connectivity index (χ4v) is 1.95. The van der Waals surface area contributed by atoms with Crippen molar-refractivity contribution in [3.8, 4) is 5.75 Å². The van der Waals surface area contributed by atoms with Crippen molar-refractivity contribution in [2.24, 2.45) is 0 Å². The van der Waals surface area contributed by atoms with E-state index in [2.05, 4.69) is 31.3 Å². The molecule has 0 radical (unpaired) electrons. The summed E-state index contributed by atoms with van der Waals surface area (Å²) in [6.07, 6.45) is 2.28. The second-order valence-corrected chi connectivity index (χ2v) is 4.56. The van der Waals surface area contributed by atoms with E-state index in [1.54, 1.807) is 14.2 Å². The molecule has 1 aromatic rings. The van der Waals surface area contributed by atoms with Gasteiger partial charge in [-0.3, -0.25) is 0 Å². The van der Waals surface area contributed by atoms with Gasteiger partial charge in [-0.1, -0.05) is 19.1 Å². The summed E-state index contributed by atoms with van der Waals surface area (Å²) in [6, 6.07) is 8.55. The molecule has 0 aliphatic heterocycles. The van der Waals surface area contributed by atoms with Crippen molar-refractivity contribution in [2.45, 2.75) is 38.8 Å². The van der Waals surface area contributed by atoms with Crippen LogP contribution in [0.5, 0.6) is 5.75 Å². The van der Waals surface area contributed by atoms with E-state index in [9.17, 15) is 0 Å². The molecule has 1 aromatic carbocycles. The van der Waals surface area contributed by atoms with Gasteiger partial charge in [0.05, 0.1) is 13.2 Å². The number of hydrogen-bond donors (Lipinski definition) is 1. The van der Waals surface area contributed by atoms with Crippen LogP contribution in [0.2, 0.25) is 0 Å². The van der Waals surface area contributed by atoms with Gasteiger partial charge in [0.25, 0.3) is 0 Å². The zero-order valence-corrected chi connectivity index (χ0v) is 11.9. The molecule has 18 heavy (non-hydrogen) atoms. The second kappa shape index (κ2) is 8.11. The third kappa shape index (κ3) is 4.67. The molecule has 102 valence electrons. The number of benzene rings is 1. The second-order valence-electron chi connectivity index (χ2n) is 4.56. The maximum atomic E-state index is 5.44. The van der Waals surface area contributed by atoms with Crippen LogP contribution in [0.4, 0.5) is 0 Å². The average molecular weight is 251 g/mol. The Morgan fingerprint density at radius 3 is 2.67 bits per heavy atom. The maximum absolute atomic E-state index is 5.44. The van der Waals surface area contributed by atoms with E-state index in [1.807, 2.05) is 12.1 Å². The van der Waals surface area contributed by atoms with E-state index in [4.69, 9.17) is 9.47 Å². The van der Waals surface area contributed by atoms with Crippen LogP contribution < -0.4 is 10.1 Å². The van der Waals surface area contributed by atoms with Crippen LogP contribution in [0.25, 0.3) is 0 Å². The Morgan fingerprint density at radius 2 is 2.06 bits per heavy atom. The molecule has 0 aromatic heterocycles. The molecule has 1 N–H and O–H groups in total. The summed E-state index contributed by atoms with van der Waals surface area (Å²) in [6.45, 7) is 5.29. The molecule has 0 saturated heterocycles. The molecule has 2 atom stereocenters. The molecule has 2 unspecified atom stereocenters. The van der Waals surface area contributed by atoms with Crippen LogP contribution in [0, 0.1) is 0 Å². The summed E-state index contributed by atoms with van der Waals surface area (Å²) in [5.74, 6) is 0.909. The van der Waals surface area contributed by atoms with E-state index in [0.717, 1.165) is 25.1 Å². The molecule has 0 aliphatic rings. The van der Waals surface area contributed by atoms with Gasteiger partial charge in [0, 0.05) is 13.2 Å². The summed E-state index contributed by atoms with van der Waals surface area (Å²) in [7, 11) is 3.46. The number of nitrogens with one attached hydrogen (secondary N) is 1. The van der Waals surface area contributed by atoms with Gasteiger partial charge in [-0.15, -0.1) is 0 Å². The smallest absolute Gasteiger partial charge is 0.119 e. The Labute approximate surface area is 110 Å². The predicted octanol–water partition coefficient (Wildman–Crippen LogP) is 2.64. The zero-order valence-electron chi connectivity index (χ0n) is 11.9. The normalized spacial score (nSPS) is 14.2. The Kier molecular flexibility index (Phi) is 6.76. The lowest BCUT2D eigenvalue weighted by Gasteiger charge is -2.24. The molecule has 0 amide bonds. The largest absolute Gasteiger partial charge is 0.497 e. The highest BCUT2D eigenvalue weighted by Gasteiger charge is 2.16. The molecule has 0 heterocycles. The average Bonchev–Trinajstić information content (AvgIpc) is 2.42. The quantitative estimate of drug-likeness (QED) is 0.770.